The Morgan fingerprint density at radius 2 is 1.70 bits per heavy atom. The Morgan fingerprint density at radius 1 is 1.00 bits per heavy atom. The van der Waals surface area contributed by atoms with Crippen molar-refractivity contribution in [1.29, 1.82) is 0 Å². The third kappa shape index (κ3) is 4.85. The molecule has 20 heavy (non-hydrogen) atoms. The molecule has 1 amide bonds. The van der Waals surface area contributed by atoms with Crippen LogP contribution in [0.4, 0.5) is 4.79 Å². The normalized spacial score (nSPS) is 16.3. The molecular formula is C16H24N2O2. The second-order valence-electron chi connectivity index (χ2n) is 5.41. The fourth-order valence-electron chi connectivity index (χ4n) is 2.65. The van der Waals surface area contributed by atoms with E-state index in [1.165, 1.54) is 29.7 Å². The van der Waals surface area contributed by atoms with Gasteiger partial charge in [0.25, 0.3) is 0 Å². The number of unbranched alkanes of at least 4 members (excludes halogenated alkanes) is 2. The smallest absolute Gasteiger partial charge is 0.407 e. The van der Waals surface area contributed by atoms with Gasteiger partial charge in [0, 0.05) is 26.2 Å². The molecule has 1 aromatic carbocycles. The highest BCUT2D eigenvalue weighted by molar-refractivity contribution is 5.65. The van der Waals surface area contributed by atoms with Gasteiger partial charge in [-0.15, -0.1) is 0 Å². The van der Waals surface area contributed by atoms with Crippen LogP contribution in [0, 0.1) is 0 Å². The first-order valence-corrected chi connectivity index (χ1v) is 7.50. The van der Waals surface area contributed by atoms with Crippen molar-refractivity contribution in [3.63, 3.8) is 0 Å². The summed E-state index contributed by atoms with van der Waals surface area (Å²) in [6, 6.07) is 10.6. The summed E-state index contributed by atoms with van der Waals surface area (Å²) in [5.41, 5.74) is 1.42. The summed E-state index contributed by atoms with van der Waals surface area (Å²) < 4.78 is 0. The zero-order valence-electron chi connectivity index (χ0n) is 12.0. The summed E-state index contributed by atoms with van der Waals surface area (Å²) in [5, 5.41) is 8.89. The first kappa shape index (κ1) is 14.9. The van der Waals surface area contributed by atoms with Gasteiger partial charge < -0.3 is 10.0 Å². The van der Waals surface area contributed by atoms with Gasteiger partial charge in [-0.2, -0.15) is 0 Å². The Hall–Kier alpha value is -1.55. The van der Waals surface area contributed by atoms with Crippen molar-refractivity contribution in [3.05, 3.63) is 35.9 Å². The van der Waals surface area contributed by atoms with E-state index < -0.39 is 6.09 Å². The van der Waals surface area contributed by atoms with Crippen molar-refractivity contribution < 1.29 is 9.90 Å². The Balaban J connectivity index is 1.53. The quantitative estimate of drug-likeness (QED) is 0.812. The molecule has 4 nitrogen and oxygen atoms in total. The Morgan fingerprint density at radius 3 is 2.35 bits per heavy atom. The fourth-order valence-corrected chi connectivity index (χ4v) is 2.65. The van der Waals surface area contributed by atoms with E-state index in [1.54, 1.807) is 0 Å². The maximum absolute atomic E-state index is 10.8. The van der Waals surface area contributed by atoms with Crippen LogP contribution in [-0.4, -0.2) is 53.7 Å². The lowest BCUT2D eigenvalue weighted by Gasteiger charge is -2.33. The number of carbonyl (C=O) groups is 1. The van der Waals surface area contributed by atoms with Crippen molar-refractivity contribution in [3.8, 4) is 0 Å². The molecule has 0 spiro atoms. The summed E-state index contributed by atoms with van der Waals surface area (Å²) in [6.07, 6.45) is 4.06. The Bertz CT molecular complexity index is 400. The number of nitrogens with zero attached hydrogens (tertiary/aromatic N) is 2. The summed E-state index contributed by atoms with van der Waals surface area (Å²) in [6.45, 7) is 4.16. The van der Waals surface area contributed by atoms with Crippen molar-refractivity contribution in [2.45, 2.75) is 25.7 Å². The van der Waals surface area contributed by atoms with Gasteiger partial charge >= 0.3 is 6.09 Å². The number of hydrogen-bond donors (Lipinski definition) is 1. The van der Waals surface area contributed by atoms with E-state index >= 15 is 0 Å². The molecule has 1 N–H and O–H groups in total. The summed E-state index contributed by atoms with van der Waals surface area (Å²) in [7, 11) is 0. The molecule has 0 atom stereocenters. The standard InChI is InChI=1S/C16H24N2O2/c19-16(20)18-13-11-17(12-14-18)10-6-2-5-9-15-7-3-1-4-8-15/h1,3-4,7-8H,2,5-6,9-14H2,(H,19,20). The summed E-state index contributed by atoms with van der Waals surface area (Å²) >= 11 is 0. The minimum Gasteiger partial charge on any atom is -0.465 e. The minimum atomic E-state index is -0.785. The van der Waals surface area contributed by atoms with E-state index in [2.05, 4.69) is 35.2 Å². The molecule has 1 aliphatic rings. The van der Waals surface area contributed by atoms with E-state index in [4.69, 9.17) is 5.11 Å². The number of carboxylic acid groups (broad SMARTS) is 1. The van der Waals surface area contributed by atoms with E-state index in [0.717, 1.165) is 26.1 Å². The number of aryl methyl sites for hydroxylation is 1. The number of piperazine rings is 1. The van der Waals surface area contributed by atoms with Gasteiger partial charge in [0.1, 0.15) is 0 Å². The third-order valence-corrected chi connectivity index (χ3v) is 3.93. The van der Waals surface area contributed by atoms with E-state index in [-0.39, 0.29) is 0 Å². The van der Waals surface area contributed by atoms with Crippen LogP contribution in [0.1, 0.15) is 24.8 Å². The van der Waals surface area contributed by atoms with Crippen LogP contribution in [0.2, 0.25) is 0 Å². The van der Waals surface area contributed by atoms with Gasteiger partial charge in [0.05, 0.1) is 0 Å². The molecule has 4 heteroatoms. The second kappa shape index (κ2) is 7.90. The predicted octanol–water partition coefficient (Wildman–Crippen LogP) is 2.70. The van der Waals surface area contributed by atoms with Crippen molar-refractivity contribution in [2.24, 2.45) is 0 Å². The van der Waals surface area contributed by atoms with Crippen molar-refractivity contribution >= 4 is 6.09 Å². The molecule has 110 valence electrons. The molecule has 0 radical (unpaired) electrons. The lowest BCUT2D eigenvalue weighted by molar-refractivity contribution is 0.105. The molecule has 0 saturated carbocycles. The number of rotatable bonds is 6. The van der Waals surface area contributed by atoms with Gasteiger partial charge in [-0.05, 0) is 31.4 Å². The molecule has 0 aliphatic carbocycles. The maximum atomic E-state index is 10.8. The number of benzene rings is 1. The van der Waals surface area contributed by atoms with Crippen LogP contribution in [0.25, 0.3) is 0 Å². The average molecular weight is 276 g/mol. The molecule has 1 saturated heterocycles. The molecule has 2 rings (SSSR count). The molecule has 1 aliphatic heterocycles. The molecule has 1 aromatic rings. The highest BCUT2D eigenvalue weighted by Crippen LogP contribution is 2.08. The molecule has 0 unspecified atom stereocenters. The van der Waals surface area contributed by atoms with E-state index in [1.807, 2.05) is 0 Å². The van der Waals surface area contributed by atoms with Crippen LogP contribution in [-0.2, 0) is 6.42 Å². The zero-order valence-corrected chi connectivity index (χ0v) is 12.0. The molecule has 1 fully saturated rings. The van der Waals surface area contributed by atoms with Crippen LogP contribution >= 0.6 is 0 Å². The molecular weight excluding hydrogens is 252 g/mol. The molecule has 0 aromatic heterocycles. The predicted molar refractivity (Wildman–Crippen MR) is 80.0 cm³/mol. The third-order valence-electron chi connectivity index (χ3n) is 3.93. The molecule has 0 bridgehead atoms. The summed E-state index contributed by atoms with van der Waals surface area (Å²) in [4.78, 5) is 14.7. The van der Waals surface area contributed by atoms with Gasteiger partial charge in [0.15, 0.2) is 0 Å². The second-order valence-corrected chi connectivity index (χ2v) is 5.41. The summed E-state index contributed by atoms with van der Waals surface area (Å²) in [5.74, 6) is 0. The van der Waals surface area contributed by atoms with Gasteiger partial charge in [0.2, 0.25) is 0 Å². The van der Waals surface area contributed by atoms with E-state index in [0.29, 0.717) is 13.1 Å². The highest BCUT2D eigenvalue weighted by Gasteiger charge is 2.19. The minimum absolute atomic E-state index is 0.652. The van der Waals surface area contributed by atoms with Gasteiger partial charge in [-0.25, -0.2) is 4.79 Å². The monoisotopic (exact) mass is 276 g/mol. The SMILES string of the molecule is O=C(O)N1CCN(CCCCCc2ccccc2)CC1. The average Bonchev–Trinajstić information content (AvgIpc) is 2.48. The number of hydrogen-bond acceptors (Lipinski definition) is 2. The highest BCUT2D eigenvalue weighted by atomic mass is 16.4. The van der Waals surface area contributed by atoms with Crippen LogP contribution in [0.3, 0.4) is 0 Å². The first-order valence-electron chi connectivity index (χ1n) is 7.50. The van der Waals surface area contributed by atoms with Crippen LogP contribution < -0.4 is 0 Å². The Kier molecular flexibility index (Phi) is 5.87. The van der Waals surface area contributed by atoms with Crippen molar-refractivity contribution in [2.75, 3.05) is 32.7 Å². The maximum Gasteiger partial charge on any atom is 0.407 e. The topological polar surface area (TPSA) is 43.8 Å². The van der Waals surface area contributed by atoms with Crippen LogP contribution in [0.15, 0.2) is 30.3 Å². The lowest BCUT2D eigenvalue weighted by Crippen LogP contribution is -2.48. The van der Waals surface area contributed by atoms with Crippen molar-refractivity contribution in [1.82, 2.24) is 9.80 Å². The zero-order chi connectivity index (χ0) is 14.2. The van der Waals surface area contributed by atoms with E-state index in [9.17, 15) is 4.79 Å². The largest absolute Gasteiger partial charge is 0.465 e. The number of amides is 1. The lowest BCUT2D eigenvalue weighted by atomic mass is 10.1. The first-order chi connectivity index (χ1) is 9.75. The molecule has 1 heterocycles. The van der Waals surface area contributed by atoms with Gasteiger partial charge in [-0.3, -0.25) is 4.90 Å². The van der Waals surface area contributed by atoms with Gasteiger partial charge in [-0.1, -0.05) is 36.8 Å². The Labute approximate surface area is 121 Å². The van der Waals surface area contributed by atoms with Crippen LogP contribution in [0.5, 0.6) is 0 Å². The fraction of sp³-hybridized carbons (Fsp3) is 0.562.